The van der Waals surface area contributed by atoms with Crippen molar-refractivity contribution in [2.24, 2.45) is 0 Å². The molecule has 0 bridgehead atoms. The summed E-state index contributed by atoms with van der Waals surface area (Å²) in [6, 6.07) is -0.522. The van der Waals surface area contributed by atoms with Crippen LogP contribution in [0.3, 0.4) is 0 Å². The Morgan fingerprint density at radius 1 is 1.38 bits per heavy atom. The summed E-state index contributed by atoms with van der Waals surface area (Å²) in [5.41, 5.74) is 0. The van der Waals surface area contributed by atoms with Crippen LogP contribution in [0.2, 0.25) is 0 Å². The molecule has 94 valence electrons. The van der Waals surface area contributed by atoms with Gasteiger partial charge in [-0.3, -0.25) is 4.79 Å². The van der Waals surface area contributed by atoms with Gasteiger partial charge < -0.3 is 5.32 Å². The Kier molecular flexibility index (Phi) is 4.32. The van der Waals surface area contributed by atoms with E-state index >= 15 is 0 Å². The molecule has 0 radical (unpaired) electrons. The number of sulfonamides is 1. The number of nitrogens with zero attached hydrogens (tertiary/aromatic N) is 1. The van der Waals surface area contributed by atoms with Gasteiger partial charge in [0.05, 0.1) is 5.25 Å². The third-order valence-corrected chi connectivity index (χ3v) is 5.21. The Morgan fingerprint density at radius 3 is 2.50 bits per heavy atom. The quantitative estimate of drug-likeness (QED) is 0.782. The fourth-order valence-electron chi connectivity index (χ4n) is 1.91. The first kappa shape index (κ1) is 13.4. The van der Waals surface area contributed by atoms with E-state index in [4.69, 9.17) is 0 Å². The van der Waals surface area contributed by atoms with Crippen LogP contribution in [0.15, 0.2) is 0 Å². The van der Waals surface area contributed by atoms with E-state index in [-0.39, 0.29) is 5.91 Å². The van der Waals surface area contributed by atoms with Gasteiger partial charge in [0.15, 0.2) is 0 Å². The van der Waals surface area contributed by atoms with Crippen molar-refractivity contribution in [3.8, 4) is 0 Å². The van der Waals surface area contributed by atoms with Crippen molar-refractivity contribution >= 4 is 15.9 Å². The van der Waals surface area contributed by atoms with Gasteiger partial charge in [0.1, 0.15) is 6.04 Å². The van der Waals surface area contributed by atoms with Crippen LogP contribution in [0, 0.1) is 0 Å². The third-order valence-electron chi connectivity index (χ3n) is 2.93. The summed E-state index contributed by atoms with van der Waals surface area (Å²) in [5, 5.41) is 2.06. The second-order valence-electron chi connectivity index (χ2n) is 4.33. The standard InChI is InChI=1S/C10H20N2O3S/c1-8(2)16(14,15)12-7-5-4-6-9(12)10(13)11-3/h8-9H,4-7H2,1-3H3,(H,11,13). The summed E-state index contributed by atoms with van der Waals surface area (Å²) in [7, 11) is -1.79. The molecule has 0 aromatic rings. The normalized spacial score (nSPS) is 23.4. The topological polar surface area (TPSA) is 66.5 Å². The predicted octanol–water partition coefficient (Wildman–Crippen LogP) is 0.325. The van der Waals surface area contributed by atoms with Crippen LogP contribution in [-0.2, 0) is 14.8 Å². The second kappa shape index (κ2) is 5.14. The maximum atomic E-state index is 12.1. The molecular weight excluding hydrogens is 228 g/mol. The third kappa shape index (κ3) is 2.55. The van der Waals surface area contributed by atoms with Crippen molar-refractivity contribution in [2.75, 3.05) is 13.6 Å². The minimum Gasteiger partial charge on any atom is -0.358 e. The number of carbonyl (C=O) groups excluding carboxylic acids is 1. The molecule has 1 heterocycles. The maximum absolute atomic E-state index is 12.1. The SMILES string of the molecule is CNC(=O)C1CCCCN1S(=O)(=O)C(C)C. The maximum Gasteiger partial charge on any atom is 0.238 e. The highest BCUT2D eigenvalue weighted by Gasteiger charge is 2.37. The summed E-state index contributed by atoms with van der Waals surface area (Å²) in [6.07, 6.45) is 2.35. The van der Waals surface area contributed by atoms with Crippen molar-refractivity contribution < 1.29 is 13.2 Å². The Morgan fingerprint density at radius 2 is 2.00 bits per heavy atom. The van der Waals surface area contributed by atoms with E-state index in [2.05, 4.69) is 5.32 Å². The van der Waals surface area contributed by atoms with Gasteiger partial charge in [-0.15, -0.1) is 0 Å². The zero-order valence-corrected chi connectivity index (χ0v) is 10.9. The molecule has 1 aliphatic rings. The first-order chi connectivity index (χ1) is 7.41. The first-order valence-corrected chi connectivity index (χ1v) is 7.14. The van der Waals surface area contributed by atoms with E-state index in [0.29, 0.717) is 13.0 Å². The number of rotatable bonds is 3. The van der Waals surface area contributed by atoms with Gasteiger partial charge in [0, 0.05) is 13.6 Å². The van der Waals surface area contributed by atoms with E-state index in [0.717, 1.165) is 12.8 Å². The lowest BCUT2D eigenvalue weighted by atomic mass is 10.0. The zero-order chi connectivity index (χ0) is 12.3. The van der Waals surface area contributed by atoms with Crippen LogP contribution in [-0.4, -0.2) is 43.5 Å². The Balaban J connectivity index is 2.95. The van der Waals surface area contributed by atoms with Crippen molar-refractivity contribution in [3.63, 3.8) is 0 Å². The Bertz CT molecular complexity index is 351. The van der Waals surface area contributed by atoms with Crippen LogP contribution in [0.1, 0.15) is 33.1 Å². The lowest BCUT2D eigenvalue weighted by molar-refractivity contribution is -0.125. The summed E-state index contributed by atoms with van der Waals surface area (Å²) in [5.74, 6) is -0.205. The first-order valence-electron chi connectivity index (χ1n) is 5.63. The van der Waals surface area contributed by atoms with E-state index < -0.39 is 21.3 Å². The Labute approximate surface area is 97.2 Å². The second-order valence-corrected chi connectivity index (χ2v) is 6.77. The molecule has 1 saturated heterocycles. The monoisotopic (exact) mass is 248 g/mol. The molecule has 0 aliphatic carbocycles. The molecule has 1 amide bonds. The number of hydrogen-bond donors (Lipinski definition) is 1. The van der Waals surface area contributed by atoms with E-state index in [1.54, 1.807) is 13.8 Å². The van der Waals surface area contributed by atoms with Gasteiger partial charge >= 0.3 is 0 Å². The molecule has 1 atom stereocenters. The van der Waals surface area contributed by atoms with E-state index in [1.807, 2.05) is 0 Å². The fraction of sp³-hybridized carbons (Fsp3) is 0.900. The largest absolute Gasteiger partial charge is 0.358 e. The van der Waals surface area contributed by atoms with Crippen molar-refractivity contribution in [3.05, 3.63) is 0 Å². The lowest BCUT2D eigenvalue weighted by Crippen LogP contribution is -2.52. The van der Waals surface area contributed by atoms with Crippen LogP contribution in [0.25, 0.3) is 0 Å². The molecule has 5 nitrogen and oxygen atoms in total. The highest BCUT2D eigenvalue weighted by atomic mass is 32.2. The molecule has 0 spiro atoms. The molecule has 0 saturated carbocycles. The van der Waals surface area contributed by atoms with Gasteiger partial charge in [-0.25, -0.2) is 8.42 Å². The van der Waals surface area contributed by atoms with Gasteiger partial charge in [0.2, 0.25) is 15.9 Å². The van der Waals surface area contributed by atoms with Gasteiger partial charge in [0.25, 0.3) is 0 Å². The minimum absolute atomic E-state index is 0.205. The van der Waals surface area contributed by atoms with Gasteiger partial charge in [-0.2, -0.15) is 4.31 Å². The van der Waals surface area contributed by atoms with Crippen LogP contribution < -0.4 is 5.32 Å². The number of carbonyl (C=O) groups is 1. The molecule has 16 heavy (non-hydrogen) atoms. The van der Waals surface area contributed by atoms with Gasteiger partial charge in [-0.1, -0.05) is 6.42 Å². The number of hydrogen-bond acceptors (Lipinski definition) is 3. The number of piperidine rings is 1. The Hall–Kier alpha value is -0.620. The lowest BCUT2D eigenvalue weighted by Gasteiger charge is -2.34. The molecule has 1 unspecified atom stereocenters. The van der Waals surface area contributed by atoms with Crippen molar-refractivity contribution in [1.82, 2.24) is 9.62 Å². The van der Waals surface area contributed by atoms with Crippen LogP contribution >= 0.6 is 0 Å². The van der Waals surface area contributed by atoms with E-state index in [9.17, 15) is 13.2 Å². The molecular formula is C10H20N2O3S. The summed E-state index contributed by atoms with van der Waals surface area (Å²) < 4.78 is 25.5. The fourth-order valence-corrected chi connectivity index (χ4v) is 3.39. The number of nitrogens with one attached hydrogen (secondary N) is 1. The molecule has 1 rings (SSSR count). The highest BCUT2D eigenvalue weighted by Crippen LogP contribution is 2.22. The molecule has 0 aromatic carbocycles. The molecule has 1 fully saturated rings. The molecule has 1 aliphatic heterocycles. The van der Waals surface area contributed by atoms with E-state index in [1.165, 1.54) is 11.4 Å². The highest BCUT2D eigenvalue weighted by molar-refractivity contribution is 7.89. The summed E-state index contributed by atoms with van der Waals surface area (Å²) >= 11 is 0. The summed E-state index contributed by atoms with van der Waals surface area (Å²) in [6.45, 7) is 3.74. The zero-order valence-electron chi connectivity index (χ0n) is 10.1. The van der Waals surface area contributed by atoms with Crippen molar-refractivity contribution in [1.29, 1.82) is 0 Å². The predicted molar refractivity (Wildman–Crippen MR) is 62.5 cm³/mol. The molecule has 6 heteroatoms. The average Bonchev–Trinajstić information content (AvgIpc) is 2.27. The summed E-state index contributed by atoms with van der Waals surface area (Å²) in [4.78, 5) is 11.6. The smallest absolute Gasteiger partial charge is 0.238 e. The average molecular weight is 248 g/mol. The van der Waals surface area contributed by atoms with Crippen LogP contribution in [0.5, 0.6) is 0 Å². The number of amides is 1. The van der Waals surface area contributed by atoms with Gasteiger partial charge in [-0.05, 0) is 26.7 Å². The number of likely N-dealkylation sites (N-methyl/N-ethyl adjacent to an activating group) is 1. The molecule has 1 N–H and O–H groups in total. The minimum atomic E-state index is -3.33. The van der Waals surface area contributed by atoms with Crippen molar-refractivity contribution in [2.45, 2.75) is 44.4 Å². The molecule has 0 aromatic heterocycles. The van der Waals surface area contributed by atoms with Crippen LogP contribution in [0.4, 0.5) is 0 Å².